The van der Waals surface area contributed by atoms with Crippen molar-refractivity contribution in [1.29, 1.82) is 0 Å². The average molecular weight is 223 g/mol. The molecule has 0 heterocycles. The Hall–Kier alpha value is -1.60. The number of benzene rings is 2. The average Bonchev–Trinajstić information content (AvgIpc) is 3.24. The maximum Gasteiger partial charge on any atom is 0.0323 e. The predicted octanol–water partition coefficient (Wildman–Crippen LogP) is 3.76. The highest BCUT2D eigenvalue weighted by molar-refractivity contribution is 5.63. The van der Waals surface area contributed by atoms with Crippen LogP contribution in [0.2, 0.25) is 0 Å². The van der Waals surface area contributed by atoms with Crippen LogP contribution in [0.15, 0.2) is 54.6 Å². The Morgan fingerprint density at radius 3 is 2.00 bits per heavy atom. The molecule has 1 heteroatoms. The molecule has 2 aromatic rings. The molecular formula is C16H17N. The Morgan fingerprint density at radius 1 is 0.824 bits per heavy atom. The summed E-state index contributed by atoms with van der Waals surface area (Å²) in [4.78, 5) is 0. The number of nitrogens with two attached hydrogens (primary N) is 1. The standard InChI is InChI=1S/C16H17N/c17-16(15-10-11-15)14-8-6-13(7-9-14)12-4-2-1-3-5-12/h1-9,15-16H,10-11,17H2/t16-/m0/s1. The van der Waals surface area contributed by atoms with Crippen LogP contribution in [0.4, 0.5) is 0 Å². The lowest BCUT2D eigenvalue weighted by Gasteiger charge is -2.11. The summed E-state index contributed by atoms with van der Waals surface area (Å²) in [6, 6.07) is 19.4. The van der Waals surface area contributed by atoms with Gasteiger partial charge in [-0.3, -0.25) is 0 Å². The molecule has 0 unspecified atom stereocenters. The lowest BCUT2D eigenvalue weighted by molar-refractivity contribution is 0.633. The van der Waals surface area contributed by atoms with E-state index in [1.165, 1.54) is 29.5 Å². The van der Waals surface area contributed by atoms with Crippen LogP contribution in [0.25, 0.3) is 11.1 Å². The number of hydrogen-bond donors (Lipinski definition) is 1. The summed E-state index contributed by atoms with van der Waals surface area (Å²) in [6.07, 6.45) is 2.59. The molecule has 1 nitrogen and oxygen atoms in total. The van der Waals surface area contributed by atoms with Crippen molar-refractivity contribution < 1.29 is 0 Å². The SMILES string of the molecule is N[C@@H](c1ccc(-c2ccccc2)cc1)C1CC1. The van der Waals surface area contributed by atoms with Crippen LogP contribution in [0, 0.1) is 5.92 Å². The Labute approximate surface area is 102 Å². The molecule has 0 amide bonds. The van der Waals surface area contributed by atoms with Gasteiger partial charge in [0.15, 0.2) is 0 Å². The maximum atomic E-state index is 6.19. The Balaban J connectivity index is 1.85. The highest BCUT2D eigenvalue weighted by Gasteiger charge is 2.29. The van der Waals surface area contributed by atoms with Crippen LogP contribution in [-0.4, -0.2) is 0 Å². The molecule has 17 heavy (non-hydrogen) atoms. The van der Waals surface area contributed by atoms with Crippen LogP contribution in [0.3, 0.4) is 0 Å². The van der Waals surface area contributed by atoms with Crippen molar-refractivity contribution in [3.05, 3.63) is 60.2 Å². The molecule has 0 aromatic heterocycles. The second-order valence-corrected chi connectivity index (χ2v) is 4.85. The number of rotatable bonds is 3. The zero-order chi connectivity index (χ0) is 11.7. The van der Waals surface area contributed by atoms with E-state index in [0.29, 0.717) is 0 Å². The van der Waals surface area contributed by atoms with Crippen LogP contribution in [0.1, 0.15) is 24.4 Å². The Kier molecular flexibility index (Phi) is 2.69. The van der Waals surface area contributed by atoms with E-state index in [9.17, 15) is 0 Å². The van der Waals surface area contributed by atoms with Gasteiger partial charge >= 0.3 is 0 Å². The Morgan fingerprint density at radius 2 is 1.41 bits per heavy atom. The van der Waals surface area contributed by atoms with Crippen LogP contribution >= 0.6 is 0 Å². The van der Waals surface area contributed by atoms with Gasteiger partial charge in [-0.15, -0.1) is 0 Å². The van der Waals surface area contributed by atoms with Crippen molar-refractivity contribution in [2.45, 2.75) is 18.9 Å². The first-order valence-electron chi connectivity index (χ1n) is 6.25. The summed E-state index contributed by atoms with van der Waals surface area (Å²) in [5, 5.41) is 0. The first kappa shape index (κ1) is 10.5. The smallest absolute Gasteiger partial charge is 0.0323 e. The zero-order valence-electron chi connectivity index (χ0n) is 9.84. The molecule has 2 N–H and O–H groups in total. The topological polar surface area (TPSA) is 26.0 Å². The molecule has 1 fully saturated rings. The van der Waals surface area contributed by atoms with E-state index < -0.39 is 0 Å². The molecule has 3 rings (SSSR count). The number of hydrogen-bond acceptors (Lipinski definition) is 1. The van der Waals surface area contributed by atoms with Crippen molar-refractivity contribution in [3.63, 3.8) is 0 Å². The molecule has 1 saturated carbocycles. The fourth-order valence-electron chi connectivity index (χ4n) is 2.26. The summed E-state index contributed by atoms with van der Waals surface area (Å²) in [6.45, 7) is 0. The van der Waals surface area contributed by atoms with E-state index in [1.807, 2.05) is 6.07 Å². The predicted molar refractivity (Wildman–Crippen MR) is 71.5 cm³/mol. The van der Waals surface area contributed by atoms with E-state index in [0.717, 1.165) is 5.92 Å². The molecule has 0 bridgehead atoms. The second kappa shape index (κ2) is 4.34. The molecule has 0 spiro atoms. The van der Waals surface area contributed by atoms with Gasteiger partial charge < -0.3 is 5.73 Å². The summed E-state index contributed by atoms with van der Waals surface area (Å²) >= 11 is 0. The zero-order valence-corrected chi connectivity index (χ0v) is 9.84. The fourth-order valence-corrected chi connectivity index (χ4v) is 2.26. The van der Waals surface area contributed by atoms with Gasteiger partial charge in [0.1, 0.15) is 0 Å². The third kappa shape index (κ3) is 2.25. The van der Waals surface area contributed by atoms with Crippen molar-refractivity contribution in [2.24, 2.45) is 11.7 Å². The third-order valence-electron chi connectivity index (χ3n) is 3.53. The van der Waals surface area contributed by atoms with Crippen molar-refractivity contribution in [2.75, 3.05) is 0 Å². The molecule has 0 saturated heterocycles. The van der Waals surface area contributed by atoms with Gasteiger partial charge in [0.05, 0.1) is 0 Å². The summed E-state index contributed by atoms with van der Waals surface area (Å²) in [5.41, 5.74) is 9.98. The van der Waals surface area contributed by atoms with Crippen LogP contribution in [0.5, 0.6) is 0 Å². The molecule has 0 aliphatic heterocycles. The van der Waals surface area contributed by atoms with Gasteiger partial charge in [-0.1, -0.05) is 54.6 Å². The maximum absolute atomic E-state index is 6.19. The third-order valence-corrected chi connectivity index (χ3v) is 3.53. The van der Waals surface area contributed by atoms with Crippen molar-refractivity contribution in [1.82, 2.24) is 0 Å². The molecule has 1 aliphatic carbocycles. The lowest BCUT2D eigenvalue weighted by Crippen LogP contribution is -2.11. The molecule has 1 atom stereocenters. The van der Waals surface area contributed by atoms with Crippen molar-refractivity contribution >= 4 is 0 Å². The van der Waals surface area contributed by atoms with Gasteiger partial charge in [0, 0.05) is 6.04 Å². The van der Waals surface area contributed by atoms with E-state index >= 15 is 0 Å². The minimum absolute atomic E-state index is 0.236. The Bertz CT molecular complexity index is 483. The molecule has 2 aromatic carbocycles. The van der Waals surface area contributed by atoms with Gasteiger partial charge in [0.25, 0.3) is 0 Å². The van der Waals surface area contributed by atoms with Crippen LogP contribution < -0.4 is 5.73 Å². The normalized spacial score (nSPS) is 16.8. The van der Waals surface area contributed by atoms with E-state index in [-0.39, 0.29) is 6.04 Å². The largest absolute Gasteiger partial charge is 0.324 e. The summed E-state index contributed by atoms with van der Waals surface area (Å²) in [7, 11) is 0. The van der Waals surface area contributed by atoms with E-state index in [2.05, 4.69) is 48.5 Å². The minimum Gasteiger partial charge on any atom is -0.324 e. The summed E-state index contributed by atoms with van der Waals surface area (Å²) < 4.78 is 0. The minimum atomic E-state index is 0.236. The first-order chi connectivity index (χ1) is 8.34. The van der Waals surface area contributed by atoms with Gasteiger partial charge in [-0.2, -0.15) is 0 Å². The lowest BCUT2D eigenvalue weighted by atomic mass is 9.99. The van der Waals surface area contributed by atoms with Gasteiger partial charge in [-0.05, 0) is 35.4 Å². The quantitative estimate of drug-likeness (QED) is 0.842. The first-order valence-corrected chi connectivity index (χ1v) is 6.25. The molecular weight excluding hydrogens is 206 g/mol. The summed E-state index contributed by atoms with van der Waals surface area (Å²) in [5.74, 6) is 0.720. The molecule has 0 radical (unpaired) electrons. The van der Waals surface area contributed by atoms with Crippen molar-refractivity contribution in [3.8, 4) is 11.1 Å². The van der Waals surface area contributed by atoms with Gasteiger partial charge in [0.2, 0.25) is 0 Å². The highest BCUT2D eigenvalue weighted by atomic mass is 14.7. The highest BCUT2D eigenvalue weighted by Crippen LogP contribution is 2.39. The fraction of sp³-hybridized carbons (Fsp3) is 0.250. The van der Waals surface area contributed by atoms with Crippen LogP contribution in [-0.2, 0) is 0 Å². The van der Waals surface area contributed by atoms with E-state index in [4.69, 9.17) is 5.73 Å². The molecule has 86 valence electrons. The second-order valence-electron chi connectivity index (χ2n) is 4.85. The van der Waals surface area contributed by atoms with Gasteiger partial charge in [-0.25, -0.2) is 0 Å². The monoisotopic (exact) mass is 223 g/mol. The molecule has 1 aliphatic rings. The van der Waals surface area contributed by atoms with E-state index in [1.54, 1.807) is 0 Å².